The Morgan fingerprint density at radius 3 is 2.52 bits per heavy atom. The number of hydrogen-bond acceptors (Lipinski definition) is 6. The first-order valence-corrected chi connectivity index (χ1v) is 9.51. The predicted molar refractivity (Wildman–Crippen MR) is 109 cm³/mol. The lowest BCUT2D eigenvalue weighted by Gasteiger charge is -2.31. The fourth-order valence-electron chi connectivity index (χ4n) is 4.09. The third kappa shape index (κ3) is 2.96. The molecule has 1 fully saturated rings. The molecule has 0 aliphatic carbocycles. The van der Waals surface area contributed by atoms with E-state index in [2.05, 4.69) is 15.7 Å². The number of nitrogen functional groups attached to an aromatic ring is 1. The van der Waals surface area contributed by atoms with Gasteiger partial charge in [-0.2, -0.15) is 9.89 Å². The van der Waals surface area contributed by atoms with Crippen LogP contribution in [0.15, 0.2) is 54.9 Å². The number of urea groups is 1. The van der Waals surface area contributed by atoms with Crippen molar-refractivity contribution in [3.8, 4) is 16.9 Å². The van der Waals surface area contributed by atoms with E-state index in [1.165, 1.54) is 21.8 Å². The molecule has 2 aromatic carbocycles. The first kappa shape index (κ1) is 18.7. The number of fused-ring (bicyclic) bond motifs is 1. The highest BCUT2D eigenvalue weighted by molar-refractivity contribution is 6.08. The van der Waals surface area contributed by atoms with Crippen LogP contribution in [0.4, 0.5) is 4.79 Å². The molecule has 156 valence electrons. The topological polar surface area (TPSA) is 143 Å². The van der Waals surface area contributed by atoms with Gasteiger partial charge in [0.05, 0.1) is 18.9 Å². The Bertz CT molecular complexity index is 1230. The Labute approximate surface area is 176 Å². The number of nitrogens with one attached hydrogen (secondary N) is 2. The highest BCUT2D eigenvalue weighted by Gasteiger charge is 2.50. The van der Waals surface area contributed by atoms with Crippen molar-refractivity contribution in [2.24, 2.45) is 0 Å². The van der Waals surface area contributed by atoms with Gasteiger partial charge in [-0.05, 0) is 28.8 Å². The van der Waals surface area contributed by atoms with Gasteiger partial charge in [-0.1, -0.05) is 30.3 Å². The largest absolute Gasteiger partial charge is 0.508 e. The second kappa shape index (κ2) is 6.59. The van der Waals surface area contributed by atoms with Crippen molar-refractivity contribution in [1.82, 2.24) is 25.4 Å². The van der Waals surface area contributed by atoms with Gasteiger partial charge < -0.3 is 21.2 Å². The van der Waals surface area contributed by atoms with Crippen LogP contribution in [0.1, 0.15) is 21.5 Å². The zero-order valence-corrected chi connectivity index (χ0v) is 16.2. The summed E-state index contributed by atoms with van der Waals surface area (Å²) in [5, 5.41) is 18.6. The molecule has 0 bridgehead atoms. The van der Waals surface area contributed by atoms with Crippen LogP contribution in [0.3, 0.4) is 0 Å². The van der Waals surface area contributed by atoms with Gasteiger partial charge in [-0.15, -0.1) is 0 Å². The van der Waals surface area contributed by atoms with Gasteiger partial charge in [-0.3, -0.25) is 14.9 Å². The highest BCUT2D eigenvalue weighted by Crippen LogP contribution is 2.33. The molecule has 0 unspecified atom stereocenters. The minimum Gasteiger partial charge on any atom is -0.508 e. The molecule has 3 aromatic rings. The molecule has 0 spiro atoms. The fourth-order valence-corrected chi connectivity index (χ4v) is 4.09. The van der Waals surface area contributed by atoms with Crippen molar-refractivity contribution in [2.75, 3.05) is 12.4 Å². The van der Waals surface area contributed by atoms with E-state index in [0.29, 0.717) is 11.1 Å². The van der Waals surface area contributed by atoms with Gasteiger partial charge in [0.1, 0.15) is 5.75 Å². The number of imide groups is 1. The standard InChI is InChI=1S/C21H18N6O4/c22-27-10-14(8-23-27)12-1-4-15(5-2-12)21(19(30)24-20(31)25-21)11-26-9-13-3-6-16(28)7-17(13)18(26)29/h1-8,10,28H,9,11,22H2,(H2,24,25,30,31)/t21-/m0/s1. The molecular weight excluding hydrogens is 400 g/mol. The number of hydrogen-bond donors (Lipinski definition) is 4. The number of aromatic hydroxyl groups is 1. The minimum atomic E-state index is -1.44. The molecule has 3 heterocycles. The molecule has 0 saturated carbocycles. The van der Waals surface area contributed by atoms with Crippen LogP contribution in [0, 0.1) is 0 Å². The Balaban J connectivity index is 1.49. The van der Waals surface area contributed by atoms with Crippen molar-refractivity contribution in [3.05, 3.63) is 71.5 Å². The third-order valence-electron chi connectivity index (χ3n) is 5.65. The van der Waals surface area contributed by atoms with Crippen molar-refractivity contribution < 1.29 is 19.5 Å². The van der Waals surface area contributed by atoms with Crippen molar-refractivity contribution in [1.29, 1.82) is 0 Å². The van der Waals surface area contributed by atoms with Crippen LogP contribution in [0.5, 0.6) is 5.75 Å². The number of carbonyl (C=O) groups is 3. The molecule has 31 heavy (non-hydrogen) atoms. The van der Waals surface area contributed by atoms with Gasteiger partial charge in [0, 0.05) is 17.7 Å². The van der Waals surface area contributed by atoms with Crippen LogP contribution >= 0.6 is 0 Å². The molecule has 2 aliphatic heterocycles. The van der Waals surface area contributed by atoms with E-state index in [4.69, 9.17) is 5.84 Å². The number of aromatic nitrogens is 2. The summed E-state index contributed by atoms with van der Waals surface area (Å²) in [6.45, 7) is 0.214. The monoisotopic (exact) mass is 418 g/mol. The molecule has 0 radical (unpaired) electrons. The van der Waals surface area contributed by atoms with Crippen LogP contribution in [0.2, 0.25) is 0 Å². The normalized spacial score (nSPS) is 20.0. The van der Waals surface area contributed by atoms with E-state index in [9.17, 15) is 19.5 Å². The van der Waals surface area contributed by atoms with Crippen molar-refractivity contribution >= 4 is 17.8 Å². The maximum Gasteiger partial charge on any atom is 0.322 e. The Morgan fingerprint density at radius 1 is 1.10 bits per heavy atom. The molecule has 10 heteroatoms. The number of rotatable bonds is 4. The molecule has 5 N–H and O–H groups in total. The summed E-state index contributed by atoms with van der Waals surface area (Å²) in [5.74, 6) is 4.75. The van der Waals surface area contributed by atoms with Gasteiger partial charge in [0.2, 0.25) is 0 Å². The smallest absolute Gasteiger partial charge is 0.322 e. The zero-order chi connectivity index (χ0) is 21.8. The zero-order valence-electron chi connectivity index (χ0n) is 16.2. The van der Waals surface area contributed by atoms with E-state index in [-0.39, 0.29) is 24.7 Å². The molecule has 10 nitrogen and oxygen atoms in total. The maximum absolute atomic E-state index is 12.9. The second-order valence-electron chi connectivity index (χ2n) is 7.60. The van der Waals surface area contributed by atoms with Crippen LogP contribution in [-0.4, -0.2) is 44.3 Å². The molecule has 1 atom stereocenters. The Hall–Kier alpha value is -4.34. The molecule has 4 amide bonds. The Kier molecular flexibility index (Phi) is 3.97. The average molecular weight is 418 g/mol. The molecular formula is C21H18N6O4. The van der Waals surface area contributed by atoms with Crippen molar-refractivity contribution in [3.63, 3.8) is 0 Å². The van der Waals surface area contributed by atoms with E-state index < -0.39 is 17.5 Å². The third-order valence-corrected chi connectivity index (χ3v) is 5.65. The van der Waals surface area contributed by atoms with Crippen LogP contribution in [0.25, 0.3) is 11.1 Å². The highest BCUT2D eigenvalue weighted by atomic mass is 16.3. The molecule has 2 aliphatic rings. The summed E-state index contributed by atoms with van der Waals surface area (Å²) in [7, 11) is 0. The van der Waals surface area contributed by atoms with Gasteiger partial charge in [-0.25, -0.2) is 4.79 Å². The molecule has 5 rings (SSSR count). The summed E-state index contributed by atoms with van der Waals surface area (Å²) in [6, 6.07) is 11.0. The lowest BCUT2D eigenvalue weighted by Crippen LogP contribution is -2.52. The van der Waals surface area contributed by atoms with Crippen LogP contribution in [-0.2, 0) is 16.9 Å². The summed E-state index contributed by atoms with van der Waals surface area (Å²) in [6.07, 6.45) is 3.27. The van der Waals surface area contributed by atoms with Gasteiger partial charge >= 0.3 is 6.03 Å². The summed E-state index contributed by atoms with van der Waals surface area (Å²) in [4.78, 5) is 40.5. The van der Waals surface area contributed by atoms with Crippen LogP contribution < -0.4 is 16.5 Å². The number of nitrogens with zero attached hydrogens (tertiary/aromatic N) is 3. The summed E-state index contributed by atoms with van der Waals surface area (Å²) >= 11 is 0. The molecule has 1 saturated heterocycles. The lowest BCUT2D eigenvalue weighted by atomic mass is 9.88. The first-order valence-electron chi connectivity index (χ1n) is 9.51. The molecule has 1 aromatic heterocycles. The predicted octanol–water partition coefficient (Wildman–Crippen LogP) is 0.660. The van der Waals surface area contributed by atoms with E-state index in [1.54, 1.807) is 42.7 Å². The van der Waals surface area contributed by atoms with Gasteiger partial charge in [0.25, 0.3) is 11.8 Å². The number of amides is 4. The number of benzene rings is 2. The second-order valence-corrected chi connectivity index (χ2v) is 7.60. The van der Waals surface area contributed by atoms with Gasteiger partial charge in [0.15, 0.2) is 5.54 Å². The Morgan fingerprint density at radius 2 is 1.87 bits per heavy atom. The maximum atomic E-state index is 12.9. The van der Waals surface area contributed by atoms with E-state index in [1.807, 2.05) is 0 Å². The SMILES string of the molecule is Nn1cc(-c2ccc([C@]3(CN4Cc5ccc(O)cc5C4=O)NC(=O)NC3=O)cc2)cn1. The average Bonchev–Trinajstić information content (AvgIpc) is 3.39. The minimum absolute atomic E-state index is 0.00744. The first-order chi connectivity index (χ1) is 14.9. The van der Waals surface area contributed by atoms with E-state index >= 15 is 0 Å². The number of phenols is 1. The van der Waals surface area contributed by atoms with Crippen molar-refractivity contribution in [2.45, 2.75) is 12.1 Å². The fraction of sp³-hybridized carbons (Fsp3) is 0.143. The summed E-state index contributed by atoms with van der Waals surface area (Å²) in [5.41, 5.74) is 1.86. The lowest BCUT2D eigenvalue weighted by molar-refractivity contribution is -0.124. The quantitative estimate of drug-likeness (QED) is 0.362. The number of nitrogens with two attached hydrogens (primary N) is 1. The number of phenolic OH excluding ortho intramolecular Hbond substituents is 1. The number of carbonyl (C=O) groups excluding carboxylic acids is 3. The summed E-state index contributed by atoms with van der Waals surface area (Å²) < 4.78 is 0. The van der Waals surface area contributed by atoms with E-state index in [0.717, 1.165) is 16.7 Å².